The minimum Gasteiger partial charge on any atom is -0.398 e. The van der Waals surface area contributed by atoms with Gasteiger partial charge in [-0.1, -0.05) is 0 Å². The SMILES string of the molecule is N#[N+]CC(=O)Nc1ccc(N)c(S(=O)(=O)O)c1. The summed E-state index contributed by atoms with van der Waals surface area (Å²) in [6.45, 7) is -0.481. The third kappa shape index (κ3) is 3.40. The number of hydrogen-bond acceptors (Lipinski definition) is 5. The van der Waals surface area contributed by atoms with E-state index in [0.717, 1.165) is 6.07 Å². The molecule has 0 aromatic heterocycles. The molecule has 0 bridgehead atoms. The van der Waals surface area contributed by atoms with Crippen LogP contribution >= 0.6 is 0 Å². The molecule has 8 nitrogen and oxygen atoms in total. The molecule has 0 saturated heterocycles. The van der Waals surface area contributed by atoms with Crippen LogP contribution in [0.3, 0.4) is 0 Å². The summed E-state index contributed by atoms with van der Waals surface area (Å²) in [4.78, 5) is 13.2. The predicted molar refractivity (Wildman–Crippen MR) is 59.2 cm³/mol. The van der Waals surface area contributed by atoms with Crippen LogP contribution in [0.15, 0.2) is 23.1 Å². The Morgan fingerprint density at radius 1 is 1.53 bits per heavy atom. The maximum atomic E-state index is 11.1. The fraction of sp³-hybridized carbons (Fsp3) is 0.125. The first kappa shape index (κ1) is 12.9. The summed E-state index contributed by atoms with van der Waals surface area (Å²) in [5.74, 6) is -0.640. The standard InChI is InChI=1S/C8H8N4O4S/c9-6-2-1-5(12-8(13)4-11-10)3-7(6)17(14,15)16/h1-3,9-10H,4H2,(H,14,15,16)/p+1. The Bertz CT molecular complexity index is 590. The van der Waals surface area contributed by atoms with Gasteiger partial charge in [-0.3, -0.25) is 9.35 Å². The lowest BCUT2D eigenvalue weighted by Gasteiger charge is -2.05. The molecule has 0 atom stereocenters. The fourth-order valence-electron chi connectivity index (χ4n) is 1.10. The van der Waals surface area contributed by atoms with E-state index in [4.69, 9.17) is 15.7 Å². The van der Waals surface area contributed by atoms with Gasteiger partial charge in [0.25, 0.3) is 10.1 Å². The molecule has 0 unspecified atom stereocenters. The second kappa shape index (κ2) is 4.77. The highest BCUT2D eigenvalue weighted by Crippen LogP contribution is 2.22. The molecule has 1 rings (SSSR count). The molecule has 0 spiro atoms. The Balaban J connectivity index is 3.07. The van der Waals surface area contributed by atoms with Gasteiger partial charge in [0.1, 0.15) is 9.87 Å². The molecule has 0 heterocycles. The first-order chi connectivity index (χ1) is 7.84. The number of rotatable bonds is 3. The lowest BCUT2D eigenvalue weighted by Crippen LogP contribution is -2.14. The molecule has 4 N–H and O–H groups in total. The zero-order valence-electron chi connectivity index (χ0n) is 8.49. The summed E-state index contributed by atoms with van der Waals surface area (Å²) in [5.41, 5.74) is 5.32. The second-order valence-corrected chi connectivity index (χ2v) is 4.47. The Hall–Kier alpha value is -2.18. The molecular formula is C8H9N4O4S+. The predicted octanol–water partition coefficient (Wildman–Crippen LogP) is 0.307. The molecule has 0 aliphatic rings. The third-order valence-electron chi connectivity index (χ3n) is 1.79. The molecule has 17 heavy (non-hydrogen) atoms. The Labute approximate surface area is 96.8 Å². The average molecular weight is 257 g/mol. The first-order valence-electron chi connectivity index (χ1n) is 4.32. The Morgan fingerprint density at radius 3 is 2.71 bits per heavy atom. The van der Waals surface area contributed by atoms with Gasteiger partial charge in [-0.15, -0.1) is 0 Å². The molecule has 0 aliphatic carbocycles. The van der Waals surface area contributed by atoms with Gasteiger partial charge >= 0.3 is 12.5 Å². The highest BCUT2D eigenvalue weighted by molar-refractivity contribution is 7.86. The number of nitrogens with zero attached hydrogens (tertiary/aromatic N) is 2. The van der Waals surface area contributed by atoms with Gasteiger partial charge in [0, 0.05) is 5.69 Å². The van der Waals surface area contributed by atoms with E-state index in [-0.39, 0.29) is 11.4 Å². The van der Waals surface area contributed by atoms with Crippen molar-refractivity contribution in [2.45, 2.75) is 4.90 Å². The fourth-order valence-corrected chi connectivity index (χ4v) is 1.74. The van der Waals surface area contributed by atoms with E-state index in [1.165, 1.54) is 12.1 Å². The summed E-state index contributed by atoms with van der Waals surface area (Å²) in [6, 6.07) is 3.56. The number of diazo groups is 1. The van der Waals surface area contributed by atoms with E-state index in [0.29, 0.717) is 0 Å². The third-order valence-corrected chi connectivity index (χ3v) is 2.70. The minimum absolute atomic E-state index is 0.112. The van der Waals surface area contributed by atoms with Gasteiger partial charge in [-0.05, 0) is 18.2 Å². The molecule has 1 aromatic carbocycles. The molecule has 1 amide bonds. The molecule has 0 fully saturated rings. The van der Waals surface area contributed by atoms with Crippen LogP contribution in [0, 0.1) is 5.39 Å². The van der Waals surface area contributed by atoms with Crippen molar-refractivity contribution in [3.63, 3.8) is 0 Å². The molecule has 9 heteroatoms. The van der Waals surface area contributed by atoms with Crippen LogP contribution in [-0.2, 0) is 14.9 Å². The van der Waals surface area contributed by atoms with Crippen LogP contribution in [-0.4, -0.2) is 25.4 Å². The summed E-state index contributed by atoms with van der Waals surface area (Å²) in [6.07, 6.45) is 0. The highest BCUT2D eigenvalue weighted by atomic mass is 32.2. The smallest absolute Gasteiger partial charge is 0.382 e. The van der Waals surface area contributed by atoms with Crippen molar-refractivity contribution in [3.05, 3.63) is 23.2 Å². The summed E-state index contributed by atoms with van der Waals surface area (Å²) in [7, 11) is -4.45. The van der Waals surface area contributed by atoms with Crippen molar-refractivity contribution in [1.82, 2.24) is 0 Å². The van der Waals surface area contributed by atoms with Gasteiger partial charge in [0.2, 0.25) is 5.39 Å². The van der Waals surface area contributed by atoms with Crippen LogP contribution in [0.5, 0.6) is 0 Å². The van der Waals surface area contributed by atoms with Crippen LogP contribution < -0.4 is 11.1 Å². The topological polar surface area (TPSA) is 138 Å². The van der Waals surface area contributed by atoms with E-state index < -0.39 is 27.5 Å². The number of benzene rings is 1. The molecule has 1 aromatic rings. The van der Waals surface area contributed by atoms with E-state index in [1.807, 2.05) is 0 Å². The van der Waals surface area contributed by atoms with Crippen LogP contribution in [0.1, 0.15) is 0 Å². The van der Waals surface area contributed by atoms with Crippen molar-refractivity contribution >= 4 is 27.4 Å². The van der Waals surface area contributed by atoms with Crippen LogP contribution in [0.4, 0.5) is 11.4 Å². The largest absolute Gasteiger partial charge is 0.398 e. The number of anilines is 2. The van der Waals surface area contributed by atoms with Crippen molar-refractivity contribution < 1.29 is 17.8 Å². The zero-order chi connectivity index (χ0) is 13.1. The molecule has 0 saturated carbocycles. The van der Waals surface area contributed by atoms with E-state index >= 15 is 0 Å². The normalized spacial score (nSPS) is 10.6. The lowest BCUT2D eigenvalue weighted by molar-refractivity contribution is -0.114. The second-order valence-electron chi connectivity index (χ2n) is 3.08. The molecular weight excluding hydrogens is 248 g/mol. The minimum atomic E-state index is -4.45. The van der Waals surface area contributed by atoms with Crippen molar-refractivity contribution in [1.29, 1.82) is 5.39 Å². The Morgan fingerprint density at radius 2 is 2.18 bits per heavy atom. The Kier molecular flexibility index (Phi) is 3.62. The van der Waals surface area contributed by atoms with Gasteiger partial charge in [0.15, 0.2) is 0 Å². The summed E-state index contributed by atoms with van der Waals surface area (Å²) < 4.78 is 30.7. The lowest BCUT2D eigenvalue weighted by atomic mass is 10.3. The number of hydrogen-bond donors (Lipinski definition) is 3. The van der Waals surface area contributed by atoms with Crippen LogP contribution in [0.2, 0.25) is 0 Å². The summed E-state index contributed by atoms with van der Waals surface area (Å²) in [5, 5.41) is 10.4. The van der Waals surface area contributed by atoms with E-state index in [1.54, 1.807) is 0 Å². The quantitative estimate of drug-likeness (QED) is 0.404. The van der Waals surface area contributed by atoms with Gasteiger partial charge in [-0.25, -0.2) is 0 Å². The molecule has 90 valence electrons. The average Bonchev–Trinajstić information content (AvgIpc) is 2.19. The van der Waals surface area contributed by atoms with Gasteiger partial charge in [-0.2, -0.15) is 8.42 Å². The number of nitrogen functional groups attached to an aromatic ring is 1. The zero-order valence-corrected chi connectivity index (χ0v) is 9.31. The van der Waals surface area contributed by atoms with Crippen molar-refractivity contribution in [2.24, 2.45) is 0 Å². The van der Waals surface area contributed by atoms with E-state index in [2.05, 4.69) is 10.3 Å². The number of nitrogens with one attached hydrogen (secondary N) is 1. The van der Waals surface area contributed by atoms with Gasteiger partial charge in [0.05, 0.1) is 5.69 Å². The van der Waals surface area contributed by atoms with Gasteiger partial charge < -0.3 is 11.1 Å². The van der Waals surface area contributed by atoms with Crippen molar-refractivity contribution in [2.75, 3.05) is 17.6 Å². The number of carbonyl (C=O) groups excluding carboxylic acids is 1. The van der Waals surface area contributed by atoms with E-state index in [9.17, 15) is 13.2 Å². The van der Waals surface area contributed by atoms with Crippen LogP contribution in [0.25, 0.3) is 4.98 Å². The molecule has 0 aliphatic heterocycles. The number of carbonyl (C=O) groups is 1. The van der Waals surface area contributed by atoms with Crippen molar-refractivity contribution in [3.8, 4) is 0 Å². The summed E-state index contributed by atoms with van der Waals surface area (Å²) >= 11 is 0. The molecule has 0 radical (unpaired) electrons. The maximum Gasteiger partial charge on any atom is 0.382 e. The first-order valence-corrected chi connectivity index (χ1v) is 5.76. The highest BCUT2D eigenvalue weighted by Gasteiger charge is 2.16. The number of nitrogens with two attached hydrogens (primary N) is 1. The maximum absolute atomic E-state index is 11.1. The monoisotopic (exact) mass is 257 g/mol. The number of amides is 1.